The maximum Gasteiger partial charge on any atom is 0.333 e. The number of nitrogens with zero attached hydrogens (tertiary/aromatic N) is 1. The third-order valence-electron chi connectivity index (χ3n) is 3.59. The van der Waals surface area contributed by atoms with Crippen LogP contribution in [0.5, 0.6) is 0 Å². The summed E-state index contributed by atoms with van der Waals surface area (Å²) in [6.07, 6.45) is 3.03. The third-order valence-corrected chi connectivity index (χ3v) is 3.59. The number of carbonyl (C=O) groups excluding carboxylic acids is 3. The number of allylic oxidation sites excluding steroid dienone is 3. The van der Waals surface area contributed by atoms with E-state index in [9.17, 15) is 14.4 Å². The molecule has 1 aromatic heterocycles. The standard InChI is InChI=1S/C16H16N2O4/c1-4-8(2)16(21)22-7-11-12-10(5-6-18-11)14(19)9(3)13(17)15(12)20/h4-6H,7,17H2,1-3H3/b8-4-. The number of ether oxygens (including phenoxy) is 1. The maximum absolute atomic E-state index is 12.3. The fraction of sp³-hybridized carbons (Fsp3) is 0.250. The summed E-state index contributed by atoms with van der Waals surface area (Å²) in [7, 11) is 0. The summed E-state index contributed by atoms with van der Waals surface area (Å²) in [5.41, 5.74) is 6.83. The van der Waals surface area contributed by atoms with Crippen molar-refractivity contribution in [1.29, 1.82) is 0 Å². The molecular formula is C16H16N2O4. The number of aromatic nitrogens is 1. The molecule has 0 radical (unpaired) electrons. The minimum absolute atomic E-state index is 0.0947. The summed E-state index contributed by atoms with van der Waals surface area (Å²) in [6.45, 7) is 4.65. The molecule has 2 rings (SSSR count). The highest BCUT2D eigenvalue weighted by molar-refractivity contribution is 6.26. The molecule has 1 aliphatic rings. The molecule has 114 valence electrons. The van der Waals surface area contributed by atoms with Crippen LogP contribution in [0.3, 0.4) is 0 Å². The summed E-state index contributed by atoms with van der Waals surface area (Å²) >= 11 is 0. The lowest BCUT2D eigenvalue weighted by Crippen LogP contribution is -2.27. The van der Waals surface area contributed by atoms with Crippen molar-refractivity contribution >= 4 is 17.5 Å². The minimum Gasteiger partial charge on any atom is -0.456 e. The first-order valence-electron chi connectivity index (χ1n) is 6.72. The van der Waals surface area contributed by atoms with Gasteiger partial charge < -0.3 is 10.5 Å². The molecule has 0 bridgehead atoms. The van der Waals surface area contributed by atoms with Gasteiger partial charge in [0.1, 0.15) is 6.61 Å². The van der Waals surface area contributed by atoms with Gasteiger partial charge in [0.2, 0.25) is 5.78 Å². The Balaban J connectivity index is 2.37. The lowest BCUT2D eigenvalue weighted by atomic mass is 9.87. The molecule has 1 aromatic rings. The van der Waals surface area contributed by atoms with Gasteiger partial charge in [0.05, 0.1) is 17.0 Å². The van der Waals surface area contributed by atoms with Gasteiger partial charge in [0.25, 0.3) is 0 Å². The van der Waals surface area contributed by atoms with Crippen LogP contribution in [0.2, 0.25) is 0 Å². The van der Waals surface area contributed by atoms with Gasteiger partial charge in [-0.15, -0.1) is 0 Å². The van der Waals surface area contributed by atoms with E-state index in [0.717, 1.165) is 0 Å². The van der Waals surface area contributed by atoms with Crippen LogP contribution in [0.1, 0.15) is 47.2 Å². The smallest absolute Gasteiger partial charge is 0.333 e. The second kappa shape index (κ2) is 5.93. The zero-order valence-electron chi connectivity index (χ0n) is 12.6. The third kappa shape index (κ3) is 2.55. The molecule has 22 heavy (non-hydrogen) atoms. The SMILES string of the molecule is C/C=C(/C)C(=O)OCc1nccc2c1C(=O)C(N)=C(C)C2=O. The molecule has 0 atom stereocenters. The zero-order chi connectivity index (χ0) is 16.4. The van der Waals surface area contributed by atoms with Crippen LogP contribution in [0.4, 0.5) is 0 Å². The van der Waals surface area contributed by atoms with Gasteiger partial charge in [-0.1, -0.05) is 6.08 Å². The highest BCUT2D eigenvalue weighted by Gasteiger charge is 2.31. The van der Waals surface area contributed by atoms with Crippen LogP contribution in [0, 0.1) is 0 Å². The van der Waals surface area contributed by atoms with Gasteiger partial charge >= 0.3 is 5.97 Å². The Morgan fingerprint density at radius 1 is 1.36 bits per heavy atom. The number of carbonyl (C=O) groups is 3. The van der Waals surface area contributed by atoms with Crippen LogP contribution in [-0.4, -0.2) is 22.5 Å². The van der Waals surface area contributed by atoms with Crippen molar-refractivity contribution in [2.75, 3.05) is 0 Å². The molecule has 0 amide bonds. The van der Waals surface area contributed by atoms with E-state index in [0.29, 0.717) is 5.57 Å². The number of Topliss-reactive ketones (excluding diaryl/α,β-unsaturated/α-hetero) is 2. The van der Waals surface area contributed by atoms with Crippen LogP contribution in [0.15, 0.2) is 35.2 Å². The zero-order valence-corrected chi connectivity index (χ0v) is 12.6. The van der Waals surface area contributed by atoms with Gasteiger partial charge in [0, 0.05) is 22.9 Å². The molecule has 1 aliphatic carbocycles. The average Bonchev–Trinajstić information content (AvgIpc) is 2.54. The lowest BCUT2D eigenvalue weighted by Gasteiger charge is -2.18. The van der Waals surface area contributed by atoms with Gasteiger partial charge in [-0.25, -0.2) is 4.79 Å². The van der Waals surface area contributed by atoms with E-state index in [1.54, 1.807) is 19.9 Å². The van der Waals surface area contributed by atoms with E-state index in [1.165, 1.54) is 19.2 Å². The van der Waals surface area contributed by atoms with Crippen LogP contribution in [-0.2, 0) is 16.1 Å². The van der Waals surface area contributed by atoms with E-state index in [1.807, 2.05) is 0 Å². The molecule has 0 fully saturated rings. The summed E-state index contributed by atoms with van der Waals surface area (Å²) in [5, 5.41) is 0. The fourth-order valence-electron chi connectivity index (χ4n) is 2.05. The molecule has 2 N–H and O–H groups in total. The summed E-state index contributed by atoms with van der Waals surface area (Å²) < 4.78 is 5.10. The normalized spacial score (nSPS) is 15.0. The fourth-order valence-corrected chi connectivity index (χ4v) is 2.05. The first kappa shape index (κ1) is 15.6. The predicted molar refractivity (Wildman–Crippen MR) is 79.0 cm³/mol. The van der Waals surface area contributed by atoms with Gasteiger partial charge in [-0.05, 0) is 26.8 Å². The Bertz CT molecular complexity index is 745. The number of hydrogen-bond donors (Lipinski definition) is 1. The highest BCUT2D eigenvalue weighted by Crippen LogP contribution is 2.26. The number of pyridine rings is 1. The summed E-state index contributed by atoms with van der Waals surface area (Å²) in [6, 6.07) is 1.47. The Kier molecular flexibility index (Phi) is 4.21. The Hall–Kier alpha value is -2.76. The predicted octanol–water partition coefficient (Wildman–Crippen LogP) is 1.70. The van der Waals surface area contributed by atoms with E-state index in [2.05, 4.69) is 4.98 Å². The minimum atomic E-state index is -0.504. The van der Waals surface area contributed by atoms with Gasteiger partial charge in [-0.2, -0.15) is 0 Å². The number of esters is 1. The Labute approximate surface area is 127 Å². The van der Waals surface area contributed by atoms with Crippen molar-refractivity contribution in [3.05, 3.63) is 52.0 Å². The number of rotatable bonds is 3. The molecule has 0 spiro atoms. The molecule has 0 unspecified atom stereocenters. The Morgan fingerprint density at radius 3 is 2.68 bits per heavy atom. The van der Waals surface area contributed by atoms with Crippen molar-refractivity contribution in [2.24, 2.45) is 5.73 Å². The van der Waals surface area contributed by atoms with E-state index < -0.39 is 11.8 Å². The van der Waals surface area contributed by atoms with Crippen LogP contribution >= 0.6 is 0 Å². The quantitative estimate of drug-likeness (QED) is 0.673. The van der Waals surface area contributed by atoms with Crippen molar-refractivity contribution < 1.29 is 19.1 Å². The number of fused-ring (bicyclic) bond motifs is 1. The first-order valence-corrected chi connectivity index (χ1v) is 6.72. The largest absolute Gasteiger partial charge is 0.456 e. The summed E-state index contributed by atoms with van der Waals surface area (Å²) in [5.74, 6) is -1.28. The summed E-state index contributed by atoms with van der Waals surface area (Å²) in [4.78, 5) is 40.2. The van der Waals surface area contributed by atoms with Crippen molar-refractivity contribution in [3.63, 3.8) is 0 Å². The molecule has 6 nitrogen and oxygen atoms in total. The molecule has 6 heteroatoms. The number of ketones is 2. The second-order valence-corrected chi connectivity index (χ2v) is 4.92. The average molecular weight is 300 g/mol. The van der Waals surface area contributed by atoms with E-state index in [-0.39, 0.29) is 40.5 Å². The number of nitrogens with two attached hydrogens (primary N) is 1. The van der Waals surface area contributed by atoms with Gasteiger partial charge in [-0.3, -0.25) is 14.6 Å². The number of hydrogen-bond acceptors (Lipinski definition) is 6. The molecule has 0 aliphatic heterocycles. The Morgan fingerprint density at radius 2 is 2.05 bits per heavy atom. The molecule has 0 saturated carbocycles. The second-order valence-electron chi connectivity index (χ2n) is 4.92. The van der Waals surface area contributed by atoms with Crippen LogP contribution < -0.4 is 5.73 Å². The van der Waals surface area contributed by atoms with Crippen molar-refractivity contribution in [1.82, 2.24) is 4.98 Å². The lowest BCUT2D eigenvalue weighted by molar-refractivity contribution is -0.140. The first-order chi connectivity index (χ1) is 10.4. The van der Waals surface area contributed by atoms with Crippen molar-refractivity contribution in [3.8, 4) is 0 Å². The molecule has 0 saturated heterocycles. The van der Waals surface area contributed by atoms with Crippen molar-refractivity contribution in [2.45, 2.75) is 27.4 Å². The van der Waals surface area contributed by atoms with Crippen LogP contribution in [0.25, 0.3) is 0 Å². The highest BCUT2D eigenvalue weighted by atomic mass is 16.5. The molecule has 1 heterocycles. The molecule has 0 aromatic carbocycles. The molecular weight excluding hydrogens is 284 g/mol. The van der Waals surface area contributed by atoms with E-state index in [4.69, 9.17) is 10.5 Å². The monoisotopic (exact) mass is 300 g/mol. The topological polar surface area (TPSA) is 99.3 Å². The van der Waals surface area contributed by atoms with Gasteiger partial charge in [0.15, 0.2) is 5.78 Å². The van der Waals surface area contributed by atoms with E-state index >= 15 is 0 Å². The maximum atomic E-state index is 12.3.